The van der Waals surface area contributed by atoms with E-state index < -0.39 is 0 Å². The first-order chi connectivity index (χ1) is 9.43. The molecule has 2 saturated heterocycles. The van der Waals surface area contributed by atoms with Crippen molar-refractivity contribution in [1.29, 1.82) is 0 Å². The van der Waals surface area contributed by atoms with Gasteiger partial charge in [0.25, 0.3) is 0 Å². The van der Waals surface area contributed by atoms with Crippen molar-refractivity contribution in [3.63, 3.8) is 0 Å². The lowest BCUT2D eigenvalue weighted by Gasteiger charge is -2.28. The molecule has 0 atom stereocenters. The van der Waals surface area contributed by atoms with Crippen LogP contribution in [0.25, 0.3) is 0 Å². The number of hydrogen-bond acceptors (Lipinski definition) is 4. The molecular formula is C15H23N3O. The summed E-state index contributed by atoms with van der Waals surface area (Å²) in [6.45, 7) is 6.94. The molecule has 2 aliphatic rings. The molecule has 0 radical (unpaired) electrons. The van der Waals surface area contributed by atoms with E-state index in [0.29, 0.717) is 0 Å². The quantitative estimate of drug-likeness (QED) is 0.891. The van der Waals surface area contributed by atoms with E-state index in [1.54, 1.807) is 0 Å². The topological polar surface area (TPSA) is 27.7 Å². The van der Waals surface area contributed by atoms with Crippen LogP contribution in [-0.4, -0.2) is 44.4 Å². The molecule has 1 N–H and O–H groups in total. The molecule has 19 heavy (non-hydrogen) atoms. The van der Waals surface area contributed by atoms with Gasteiger partial charge in [-0.25, -0.2) is 5.01 Å². The predicted octanol–water partition coefficient (Wildman–Crippen LogP) is 1.62. The van der Waals surface area contributed by atoms with Crippen molar-refractivity contribution < 1.29 is 4.74 Å². The first-order valence-corrected chi connectivity index (χ1v) is 7.32. The third-order valence-electron chi connectivity index (χ3n) is 3.94. The van der Waals surface area contributed by atoms with Crippen LogP contribution in [0.1, 0.15) is 18.4 Å². The van der Waals surface area contributed by atoms with Crippen molar-refractivity contribution in [2.45, 2.75) is 19.4 Å². The zero-order valence-corrected chi connectivity index (χ0v) is 11.5. The van der Waals surface area contributed by atoms with Gasteiger partial charge in [0.15, 0.2) is 0 Å². The van der Waals surface area contributed by atoms with Crippen molar-refractivity contribution in [3.05, 3.63) is 29.8 Å². The number of nitrogens with zero attached hydrogens (tertiary/aromatic N) is 2. The summed E-state index contributed by atoms with van der Waals surface area (Å²) < 4.78 is 5.37. The number of anilines is 1. The van der Waals surface area contributed by atoms with Gasteiger partial charge in [-0.2, -0.15) is 0 Å². The van der Waals surface area contributed by atoms with E-state index in [1.807, 2.05) is 0 Å². The summed E-state index contributed by atoms with van der Waals surface area (Å²) in [4.78, 5) is 2.51. The lowest BCUT2D eigenvalue weighted by molar-refractivity contribution is 0.0106. The Balaban J connectivity index is 1.62. The van der Waals surface area contributed by atoms with Crippen LogP contribution in [0.2, 0.25) is 0 Å². The normalized spacial score (nSPS) is 20.9. The minimum Gasteiger partial charge on any atom is -0.379 e. The molecule has 0 amide bonds. The van der Waals surface area contributed by atoms with Gasteiger partial charge in [0.05, 0.1) is 13.2 Å². The average Bonchev–Trinajstić information content (AvgIpc) is 3.01. The first-order valence-electron chi connectivity index (χ1n) is 7.32. The summed E-state index contributed by atoms with van der Waals surface area (Å²) in [7, 11) is 0. The Kier molecular flexibility index (Phi) is 4.33. The fraction of sp³-hybridized carbons (Fsp3) is 0.600. The fourth-order valence-corrected chi connectivity index (χ4v) is 2.85. The maximum absolute atomic E-state index is 5.37. The van der Waals surface area contributed by atoms with Gasteiger partial charge in [-0.1, -0.05) is 18.2 Å². The van der Waals surface area contributed by atoms with Crippen molar-refractivity contribution in [2.75, 3.05) is 44.3 Å². The molecule has 2 heterocycles. The monoisotopic (exact) mass is 261 g/mol. The number of nitrogens with one attached hydrogen (secondary N) is 1. The van der Waals surface area contributed by atoms with Crippen LogP contribution >= 0.6 is 0 Å². The van der Waals surface area contributed by atoms with Crippen LogP contribution < -0.4 is 10.3 Å². The number of hydrogen-bond donors (Lipinski definition) is 1. The molecule has 2 aliphatic heterocycles. The number of para-hydroxylation sites is 1. The van der Waals surface area contributed by atoms with Gasteiger partial charge < -0.3 is 9.64 Å². The van der Waals surface area contributed by atoms with Gasteiger partial charge in [-0.15, -0.1) is 0 Å². The molecular weight excluding hydrogens is 238 g/mol. The molecule has 1 aromatic carbocycles. The summed E-state index contributed by atoms with van der Waals surface area (Å²) in [5, 5.41) is 2.27. The highest BCUT2D eigenvalue weighted by Crippen LogP contribution is 2.24. The number of morpholine rings is 1. The Hall–Kier alpha value is -1.10. The van der Waals surface area contributed by atoms with E-state index in [9.17, 15) is 0 Å². The minimum absolute atomic E-state index is 0.834. The molecule has 4 heteroatoms. The maximum Gasteiger partial charge on any atom is 0.0608 e. The van der Waals surface area contributed by atoms with E-state index in [4.69, 9.17) is 4.74 Å². The Morgan fingerprint density at radius 3 is 2.53 bits per heavy atom. The molecule has 0 bridgehead atoms. The smallest absolute Gasteiger partial charge is 0.0608 e. The number of ether oxygens (including phenoxy) is 1. The summed E-state index contributed by atoms with van der Waals surface area (Å²) in [5.41, 5.74) is 6.33. The molecule has 104 valence electrons. The van der Waals surface area contributed by atoms with Crippen molar-refractivity contribution >= 4 is 5.69 Å². The van der Waals surface area contributed by atoms with E-state index >= 15 is 0 Å². The summed E-state index contributed by atoms with van der Waals surface area (Å²) in [5.74, 6) is 0. The molecule has 0 saturated carbocycles. The minimum atomic E-state index is 0.834. The van der Waals surface area contributed by atoms with Crippen LogP contribution in [0.5, 0.6) is 0 Å². The highest BCUT2D eigenvalue weighted by atomic mass is 16.5. The Bertz CT molecular complexity index is 398. The average molecular weight is 261 g/mol. The van der Waals surface area contributed by atoms with Gasteiger partial charge in [0.2, 0.25) is 0 Å². The zero-order chi connectivity index (χ0) is 12.9. The van der Waals surface area contributed by atoms with Crippen LogP contribution in [0.15, 0.2) is 24.3 Å². The Morgan fingerprint density at radius 1 is 1.00 bits per heavy atom. The summed E-state index contributed by atoms with van der Waals surface area (Å²) >= 11 is 0. The molecule has 2 fully saturated rings. The van der Waals surface area contributed by atoms with Crippen LogP contribution in [0.3, 0.4) is 0 Å². The van der Waals surface area contributed by atoms with Crippen molar-refractivity contribution in [3.8, 4) is 0 Å². The third-order valence-corrected chi connectivity index (χ3v) is 3.94. The second kappa shape index (κ2) is 6.37. The molecule has 0 unspecified atom stereocenters. The van der Waals surface area contributed by atoms with Gasteiger partial charge in [-0.05, 0) is 24.5 Å². The molecule has 1 aromatic rings. The second-order valence-electron chi connectivity index (χ2n) is 5.26. The number of rotatable bonds is 4. The lowest BCUT2D eigenvalue weighted by atomic mass is 10.1. The summed E-state index contributed by atoms with van der Waals surface area (Å²) in [6.07, 6.45) is 2.65. The van der Waals surface area contributed by atoms with Gasteiger partial charge in [0, 0.05) is 38.4 Å². The molecule has 0 aliphatic carbocycles. The largest absolute Gasteiger partial charge is 0.379 e. The predicted molar refractivity (Wildman–Crippen MR) is 77.1 cm³/mol. The highest BCUT2D eigenvalue weighted by molar-refractivity contribution is 5.54. The fourth-order valence-electron chi connectivity index (χ4n) is 2.85. The SMILES string of the molecule is c1ccc(N2CCCC2)c(CNN2CCOCC2)c1. The van der Waals surface area contributed by atoms with E-state index in [0.717, 1.165) is 32.8 Å². The van der Waals surface area contributed by atoms with Crippen LogP contribution in [0.4, 0.5) is 5.69 Å². The van der Waals surface area contributed by atoms with Gasteiger partial charge >= 0.3 is 0 Å². The van der Waals surface area contributed by atoms with Gasteiger partial charge in [-0.3, -0.25) is 5.43 Å². The van der Waals surface area contributed by atoms with Crippen LogP contribution in [-0.2, 0) is 11.3 Å². The van der Waals surface area contributed by atoms with Crippen molar-refractivity contribution in [2.24, 2.45) is 0 Å². The Labute approximate surface area is 115 Å². The third kappa shape index (κ3) is 3.26. The highest BCUT2D eigenvalue weighted by Gasteiger charge is 2.16. The number of hydrazine groups is 1. The number of benzene rings is 1. The zero-order valence-electron chi connectivity index (χ0n) is 11.5. The molecule has 3 rings (SSSR count). The van der Waals surface area contributed by atoms with Crippen molar-refractivity contribution in [1.82, 2.24) is 10.4 Å². The first kappa shape index (κ1) is 12.9. The maximum atomic E-state index is 5.37. The lowest BCUT2D eigenvalue weighted by Crippen LogP contribution is -2.45. The molecule has 0 spiro atoms. The standard InChI is InChI=1S/C15H23N3O/c1-2-6-15(17-7-3-4-8-17)14(5-1)13-16-18-9-11-19-12-10-18/h1-2,5-6,16H,3-4,7-13H2. The van der Waals surface area contributed by atoms with E-state index in [2.05, 4.69) is 39.6 Å². The van der Waals surface area contributed by atoms with Crippen LogP contribution in [0, 0.1) is 0 Å². The molecule has 4 nitrogen and oxygen atoms in total. The Morgan fingerprint density at radius 2 is 1.74 bits per heavy atom. The molecule has 0 aromatic heterocycles. The van der Waals surface area contributed by atoms with Gasteiger partial charge in [0.1, 0.15) is 0 Å². The van der Waals surface area contributed by atoms with E-state index in [-0.39, 0.29) is 0 Å². The summed E-state index contributed by atoms with van der Waals surface area (Å²) in [6, 6.07) is 8.77. The second-order valence-corrected chi connectivity index (χ2v) is 5.26. The van der Waals surface area contributed by atoms with E-state index in [1.165, 1.54) is 37.2 Å².